The Balaban J connectivity index is 1.55. The number of nitrogens with zero attached hydrogens (tertiary/aromatic N) is 1. The normalized spacial score (nSPS) is 20.8. The Labute approximate surface area is 131 Å². The van der Waals surface area contributed by atoms with Gasteiger partial charge in [-0.2, -0.15) is 0 Å². The average molecular weight is 295 g/mol. The summed E-state index contributed by atoms with van der Waals surface area (Å²) >= 11 is 0. The van der Waals surface area contributed by atoms with Gasteiger partial charge in [0.2, 0.25) is 0 Å². The zero-order valence-electron chi connectivity index (χ0n) is 12.8. The van der Waals surface area contributed by atoms with E-state index in [2.05, 4.69) is 12.1 Å². The first-order valence-electron chi connectivity index (χ1n) is 7.79. The molecule has 0 aliphatic carbocycles. The number of carbonyl (C=O) groups is 1. The number of aryl methyl sites for hydroxylation is 1. The summed E-state index contributed by atoms with van der Waals surface area (Å²) in [6, 6.07) is 20.5. The summed E-state index contributed by atoms with van der Waals surface area (Å²) < 4.78 is 0. The van der Waals surface area contributed by atoms with Crippen LogP contribution in [0.4, 0.5) is 0 Å². The number of hydrogen-bond acceptors (Lipinski definition) is 2. The van der Waals surface area contributed by atoms with Crippen LogP contribution in [0.5, 0.6) is 0 Å². The van der Waals surface area contributed by atoms with E-state index in [0.29, 0.717) is 6.61 Å². The second-order valence-corrected chi connectivity index (χ2v) is 5.80. The summed E-state index contributed by atoms with van der Waals surface area (Å²) in [7, 11) is 0. The van der Waals surface area contributed by atoms with Gasteiger partial charge in [-0.3, -0.25) is 9.63 Å². The molecule has 2 aromatic carbocycles. The third-order valence-electron chi connectivity index (χ3n) is 4.27. The van der Waals surface area contributed by atoms with Crippen LogP contribution in [0.1, 0.15) is 24.5 Å². The number of rotatable bonds is 6. The first-order chi connectivity index (χ1) is 10.8. The van der Waals surface area contributed by atoms with E-state index in [9.17, 15) is 4.79 Å². The van der Waals surface area contributed by atoms with E-state index in [-0.39, 0.29) is 17.9 Å². The van der Waals surface area contributed by atoms with Crippen LogP contribution in [0.25, 0.3) is 0 Å². The fourth-order valence-electron chi connectivity index (χ4n) is 2.85. The van der Waals surface area contributed by atoms with Crippen molar-refractivity contribution in [3.63, 3.8) is 0 Å². The average Bonchev–Trinajstić information content (AvgIpc) is 2.58. The molecule has 1 saturated heterocycles. The lowest BCUT2D eigenvalue weighted by molar-refractivity contribution is -0.247. The maximum atomic E-state index is 12.0. The maximum Gasteiger partial charge on any atom is 0.251 e. The van der Waals surface area contributed by atoms with Crippen molar-refractivity contribution in [2.24, 2.45) is 5.92 Å². The first kappa shape index (κ1) is 14.8. The number of benzene rings is 2. The summed E-state index contributed by atoms with van der Waals surface area (Å²) in [5.74, 6) is 0.147. The van der Waals surface area contributed by atoms with E-state index >= 15 is 0 Å². The highest BCUT2D eigenvalue weighted by atomic mass is 16.7. The van der Waals surface area contributed by atoms with Crippen molar-refractivity contribution in [2.45, 2.75) is 32.4 Å². The molecule has 3 heteroatoms. The maximum absolute atomic E-state index is 12.0. The van der Waals surface area contributed by atoms with Gasteiger partial charge in [0.15, 0.2) is 0 Å². The van der Waals surface area contributed by atoms with Crippen molar-refractivity contribution in [3.8, 4) is 0 Å². The zero-order valence-corrected chi connectivity index (χ0v) is 12.8. The highest BCUT2D eigenvalue weighted by molar-refractivity contribution is 5.84. The van der Waals surface area contributed by atoms with E-state index in [1.807, 2.05) is 55.5 Å². The van der Waals surface area contributed by atoms with Gasteiger partial charge in [0, 0.05) is 0 Å². The molecule has 1 aliphatic rings. The minimum Gasteiger partial charge on any atom is -0.272 e. The van der Waals surface area contributed by atoms with Gasteiger partial charge in [0.05, 0.1) is 12.0 Å². The molecule has 3 rings (SSSR count). The molecule has 22 heavy (non-hydrogen) atoms. The van der Waals surface area contributed by atoms with Gasteiger partial charge in [-0.05, 0) is 24.0 Å². The van der Waals surface area contributed by atoms with Gasteiger partial charge in [-0.15, -0.1) is 0 Å². The van der Waals surface area contributed by atoms with Crippen LogP contribution in [0.3, 0.4) is 0 Å². The molecule has 0 N–H and O–H groups in total. The first-order valence-corrected chi connectivity index (χ1v) is 7.79. The third kappa shape index (κ3) is 3.20. The van der Waals surface area contributed by atoms with E-state index in [0.717, 1.165) is 18.4 Å². The smallest absolute Gasteiger partial charge is 0.251 e. The Kier molecular flexibility index (Phi) is 4.54. The number of β-lactam (4-membered cyclic amide) rings is 1. The van der Waals surface area contributed by atoms with E-state index < -0.39 is 0 Å². The number of amides is 1. The van der Waals surface area contributed by atoms with Crippen LogP contribution in [-0.2, 0) is 22.7 Å². The van der Waals surface area contributed by atoms with Gasteiger partial charge in [-0.25, -0.2) is 5.06 Å². The molecule has 0 bridgehead atoms. The van der Waals surface area contributed by atoms with Crippen molar-refractivity contribution in [1.82, 2.24) is 5.06 Å². The lowest BCUT2D eigenvalue weighted by atomic mass is 9.87. The predicted octanol–water partition coefficient (Wildman–Crippen LogP) is 3.60. The Bertz CT molecular complexity index is 612. The minimum atomic E-state index is 0.0551. The molecule has 1 amide bonds. The van der Waals surface area contributed by atoms with Crippen LogP contribution in [0, 0.1) is 5.92 Å². The lowest BCUT2D eigenvalue weighted by Crippen LogP contribution is -2.59. The molecular weight excluding hydrogens is 274 g/mol. The summed E-state index contributed by atoms with van der Waals surface area (Å²) in [6.45, 7) is 2.43. The van der Waals surface area contributed by atoms with Crippen molar-refractivity contribution in [2.75, 3.05) is 0 Å². The molecule has 0 unspecified atom stereocenters. The fourth-order valence-corrected chi connectivity index (χ4v) is 2.85. The van der Waals surface area contributed by atoms with Gasteiger partial charge in [0.1, 0.15) is 6.61 Å². The molecule has 114 valence electrons. The predicted molar refractivity (Wildman–Crippen MR) is 85.8 cm³/mol. The Morgan fingerprint density at radius 3 is 2.18 bits per heavy atom. The van der Waals surface area contributed by atoms with Crippen LogP contribution < -0.4 is 0 Å². The SMILES string of the molecule is C[C@H]1C(=O)N(OCc2ccccc2)[C@@H]1CCc1ccccc1. The largest absolute Gasteiger partial charge is 0.272 e. The van der Waals surface area contributed by atoms with E-state index in [1.54, 1.807) is 5.06 Å². The summed E-state index contributed by atoms with van der Waals surface area (Å²) in [6.07, 6.45) is 1.90. The number of hydrogen-bond donors (Lipinski definition) is 0. The minimum absolute atomic E-state index is 0.0551. The monoisotopic (exact) mass is 295 g/mol. The summed E-state index contributed by atoms with van der Waals surface area (Å²) in [5.41, 5.74) is 2.38. The van der Waals surface area contributed by atoms with Gasteiger partial charge >= 0.3 is 0 Å². The molecule has 1 heterocycles. The molecule has 0 spiro atoms. The molecular formula is C19H21NO2. The number of carbonyl (C=O) groups excluding carboxylic acids is 1. The second-order valence-electron chi connectivity index (χ2n) is 5.80. The van der Waals surface area contributed by atoms with E-state index in [4.69, 9.17) is 4.84 Å². The molecule has 1 fully saturated rings. The fraction of sp³-hybridized carbons (Fsp3) is 0.316. The number of hydroxylamine groups is 2. The molecule has 0 radical (unpaired) electrons. The third-order valence-corrected chi connectivity index (χ3v) is 4.27. The topological polar surface area (TPSA) is 29.5 Å². The van der Waals surface area contributed by atoms with Gasteiger partial charge in [-0.1, -0.05) is 67.6 Å². The summed E-state index contributed by atoms with van der Waals surface area (Å²) in [5, 5.41) is 1.57. The molecule has 2 aromatic rings. The van der Waals surface area contributed by atoms with Crippen LogP contribution >= 0.6 is 0 Å². The quantitative estimate of drug-likeness (QED) is 0.762. The molecule has 2 atom stereocenters. The summed E-state index contributed by atoms with van der Waals surface area (Å²) in [4.78, 5) is 17.7. The Hall–Kier alpha value is -2.13. The van der Waals surface area contributed by atoms with Crippen LogP contribution in [0.2, 0.25) is 0 Å². The van der Waals surface area contributed by atoms with Crippen molar-refractivity contribution in [1.29, 1.82) is 0 Å². The molecule has 0 saturated carbocycles. The van der Waals surface area contributed by atoms with Crippen LogP contribution in [-0.4, -0.2) is 17.0 Å². The van der Waals surface area contributed by atoms with Crippen molar-refractivity contribution < 1.29 is 9.63 Å². The van der Waals surface area contributed by atoms with Gasteiger partial charge < -0.3 is 0 Å². The second kappa shape index (κ2) is 6.75. The highest BCUT2D eigenvalue weighted by Crippen LogP contribution is 2.30. The molecule has 1 aliphatic heterocycles. The Morgan fingerprint density at radius 1 is 0.955 bits per heavy atom. The van der Waals surface area contributed by atoms with Crippen molar-refractivity contribution in [3.05, 3.63) is 71.8 Å². The lowest BCUT2D eigenvalue weighted by Gasteiger charge is -2.44. The van der Waals surface area contributed by atoms with E-state index in [1.165, 1.54) is 5.56 Å². The highest BCUT2D eigenvalue weighted by Gasteiger charge is 2.44. The van der Waals surface area contributed by atoms with Crippen molar-refractivity contribution >= 4 is 5.91 Å². The standard InChI is InChI=1S/C19H21NO2/c1-15-18(13-12-16-8-4-2-5-9-16)20(19(15)21)22-14-17-10-6-3-7-11-17/h2-11,15,18H,12-14H2,1H3/t15-,18-/m1/s1. The molecule has 0 aromatic heterocycles. The zero-order chi connectivity index (χ0) is 15.4. The Morgan fingerprint density at radius 2 is 1.55 bits per heavy atom. The van der Waals surface area contributed by atoms with Crippen LogP contribution in [0.15, 0.2) is 60.7 Å². The van der Waals surface area contributed by atoms with Gasteiger partial charge in [0.25, 0.3) is 5.91 Å². The molecule has 3 nitrogen and oxygen atoms in total.